The maximum atomic E-state index is 9.14. The van der Waals surface area contributed by atoms with Crippen molar-refractivity contribution in [3.8, 4) is 0 Å². The van der Waals surface area contributed by atoms with Gasteiger partial charge in [-0.25, -0.2) is 0 Å². The molecule has 2 rings (SSSR count). The van der Waals surface area contributed by atoms with Crippen LogP contribution in [0.5, 0.6) is 0 Å². The number of halogens is 1. The predicted molar refractivity (Wildman–Crippen MR) is 80.7 cm³/mol. The van der Waals surface area contributed by atoms with Crippen LogP contribution in [0.1, 0.15) is 20.3 Å². The van der Waals surface area contributed by atoms with Gasteiger partial charge >= 0.3 is 0 Å². The van der Waals surface area contributed by atoms with Gasteiger partial charge in [0.05, 0.1) is 5.52 Å². The topological polar surface area (TPSA) is 45.1 Å². The van der Waals surface area contributed by atoms with Crippen molar-refractivity contribution in [2.45, 2.75) is 26.3 Å². The van der Waals surface area contributed by atoms with E-state index in [2.05, 4.69) is 24.1 Å². The van der Waals surface area contributed by atoms with Gasteiger partial charge in [-0.3, -0.25) is 4.98 Å². The fourth-order valence-electron chi connectivity index (χ4n) is 2.16. The van der Waals surface area contributed by atoms with Crippen molar-refractivity contribution in [3.63, 3.8) is 0 Å². The Labute approximate surface area is 118 Å². The van der Waals surface area contributed by atoms with Gasteiger partial charge < -0.3 is 10.4 Å². The fraction of sp³-hybridized carbons (Fsp3) is 0.400. The molecule has 1 aromatic carbocycles. The molecule has 1 heterocycles. The van der Waals surface area contributed by atoms with Crippen molar-refractivity contribution in [2.24, 2.45) is 5.92 Å². The number of aromatic nitrogens is 1. The van der Waals surface area contributed by atoms with Gasteiger partial charge in [0.25, 0.3) is 0 Å². The molecule has 0 spiro atoms. The number of anilines is 1. The number of hydrogen-bond acceptors (Lipinski definition) is 3. The highest BCUT2D eigenvalue weighted by molar-refractivity contribution is 6.31. The monoisotopic (exact) mass is 278 g/mol. The van der Waals surface area contributed by atoms with E-state index in [1.807, 2.05) is 24.3 Å². The van der Waals surface area contributed by atoms with Crippen molar-refractivity contribution in [3.05, 3.63) is 35.5 Å². The molecule has 0 fully saturated rings. The van der Waals surface area contributed by atoms with E-state index < -0.39 is 0 Å². The molecule has 102 valence electrons. The number of nitrogens with one attached hydrogen (secondary N) is 1. The Balaban J connectivity index is 2.34. The molecule has 1 unspecified atom stereocenters. The average molecular weight is 279 g/mol. The van der Waals surface area contributed by atoms with E-state index in [9.17, 15) is 0 Å². The molecule has 3 nitrogen and oxygen atoms in total. The summed E-state index contributed by atoms with van der Waals surface area (Å²) in [4.78, 5) is 4.33. The predicted octanol–water partition coefficient (Wildman–Crippen LogP) is 3.71. The number of fused-ring (bicyclic) bond motifs is 1. The van der Waals surface area contributed by atoms with Crippen LogP contribution in [-0.4, -0.2) is 22.7 Å². The lowest BCUT2D eigenvalue weighted by molar-refractivity contribution is 0.267. The van der Waals surface area contributed by atoms with Crippen molar-refractivity contribution in [1.82, 2.24) is 4.98 Å². The van der Waals surface area contributed by atoms with Crippen molar-refractivity contribution in [2.75, 3.05) is 11.9 Å². The quantitative estimate of drug-likeness (QED) is 0.876. The van der Waals surface area contributed by atoms with Crippen LogP contribution in [0.25, 0.3) is 10.9 Å². The third-order valence-corrected chi connectivity index (χ3v) is 3.53. The third-order valence-electron chi connectivity index (χ3n) is 3.29. The summed E-state index contributed by atoms with van der Waals surface area (Å²) in [5.74, 6) is 0.447. The number of benzene rings is 1. The first kappa shape index (κ1) is 14.1. The summed E-state index contributed by atoms with van der Waals surface area (Å²) < 4.78 is 0. The molecular formula is C15H19ClN2O. The van der Waals surface area contributed by atoms with Gasteiger partial charge in [-0.15, -0.1) is 0 Å². The van der Waals surface area contributed by atoms with E-state index in [1.54, 1.807) is 6.20 Å². The van der Waals surface area contributed by atoms with Gasteiger partial charge in [0.2, 0.25) is 0 Å². The number of pyridine rings is 1. The van der Waals surface area contributed by atoms with Crippen LogP contribution < -0.4 is 5.32 Å². The average Bonchev–Trinajstić information content (AvgIpc) is 2.37. The number of aliphatic hydroxyl groups excluding tert-OH is 1. The van der Waals surface area contributed by atoms with Crippen LogP contribution in [-0.2, 0) is 0 Å². The summed E-state index contributed by atoms with van der Waals surface area (Å²) >= 11 is 5.98. The van der Waals surface area contributed by atoms with Gasteiger partial charge in [0.1, 0.15) is 0 Å². The molecule has 0 aliphatic heterocycles. The highest BCUT2D eigenvalue weighted by Crippen LogP contribution is 2.26. The van der Waals surface area contributed by atoms with Crippen LogP contribution in [0.2, 0.25) is 5.02 Å². The summed E-state index contributed by atoms with van der Waals surface area (Å²) in [5.41, 5.74) is 1.91. The lowest BCUT2D eigenvalue weighted by Gasteiger charge is -2.23. The zero-order valence-electron chi connectivity index (χ0n) is 11.2. The van der Waals surface area contributed by atoms with E-state index in [0.29, 0.717) is 10.9 Å². The van der Waals surface area contributed by atoms with Crippen LogP contribution in [0.15, 0.2) is 30.5 Å². The second-order valence-corrected chi connectivity index (χ2v) is 5.46. The number of hydrogen-bond donors (Lipinski definition) is 2. The Morgan fingerprint density at radius 1 is 1.32 bits per heavy atom. The zero-order valence-corrected chi connectivity index (χ0v) is 12.0. The van der Waals surface area contributed by atoms with Gasteiger partial charge in [-0.2, -0.15) is 0 Å². The minimum absolute atomic E-state index is 0.185. The molecule has 1 aromatic heterocycles. The van der Waals surface area contributed by atoms with E-state index in [4.69, 9.17) is 16.7 Å². The summed E-state index contributed by atoms with van der Waals surface area (Å²) in [6.07, 6.45) is 2.51. The molecule has 0 saturated heterocycles. The first-order valence-electron chi connectivity index (χ1n) is 6.53. The van der Waals surface area contributed by atoms with E-state index in [1.165, 1.54) is 0 Å². The second-order valence-electron chi connectivity index (χ2n) is 5.03. The smallest absolute Gasteiger partial charge is 0.0737 e. The SMILES string of the molecule is CC(C)C(CCO)Nc1ccnc2cc(Cl)ccc12. The Morgan fingerprint density at radius 3 is 2.79 bits per heavy atom. The van der Waals surface area contributed by atoms with Crippen LogP contribution in [0.4, 0.5) is 5.69 Å². The minimum atomic E-state index is 0.185. The Bertz CT molecular complexity index is 557. The van der Waals surface area contributed by atoms with Gasteiger partial charge in [-0.1, -0.05) is 25.4 Å². The Morgan fingerprint density at radius 2 is 2.11 bits per heavy atom. The molecule has 0 saturated carbocycles. The molecule has 0 bridgehead atoms. The largest absolute Gasteiger partial charge is 0.396 e. The van der Waals surface area contributed by atoms with Gasteiger partial charge in [0, 0.05) is 34.9 Å². The van der Waals surface area contributed by atoms with Crippen molar-refractivity contribution < 1.29 is 5.11 Å². The standard InChI is InChI=1S/C15H19ClN2O/c1-10(2)13(6-8-19)18-14-5-7-17-15-9-11(16)3-4-12(14)15/h3-5,7,9-10,13,19H,6,8H2,1-2H3,(H,17,18). The van der Waals surface area contributed by atoms with E-state index >= 15 is 0 Å². The lowest BCUT2D eigenvalue weighted by atomic mass is 10.0. The maximum absolute atomic E-state index is 9.14. The molecule has 0 aliphatic rings. The highest BCUT2D eigenvalue weighted by atomic mass is 35.5. The summed E-state index contributed by atoms with van der Waals surface area (Å²) in [6, 6.07) is 7.91. The first-order chi connectivity index (χ1) is 9.11. The normalized spacial score (nSPS) is 12.9. The summed E-state index contributed by atoms with van der Waals surface area (Å²) in [7, 11) is 0. The Kier molecular flexibility index (Phi) is 4.61. The molecule has 0 aliphatic carbocycles. The van der Waals surface area contributed by atoms with Crippen LogP contribution >= 0.6 is 11.6 Å². The van der Waals surface area contributed by atoms with Crippen molar-refractivity contribution in [1.29, 1.82) is 0 Å². The zero-order chi connectivity index (χ0) is 13.8. The maximum Gasteiger partial charge on any atom is 0.0737 e. The Hall–Kier alpha value is -1.32. The van der Waals surface area contributed by atoms with Crippen LogP contribution in [0.3, 0.4) is 0 Å². The molecule has 4 heteroatoms. The van der Waals surface area contributed by atoms with Gasteiger partial charge in [0.15, 0.2) is 0 Å². The van der Waals surface area contributed by atoms with Crippen molar-refractivity contribution >= 4 is 28.2 Å². The molecular weight excluding hydrogens is 260 g/mol. The van der Waals surface area contributed by atoms with E-state index in [-0.39, 0.29) is 12.6 Å². The molecule has 0 radical (unpaired) electrons. The summed E-state index contributed by atoms with van der Waals surface area (Å²) in [6.45, 7) is 4.48. The fourth-order valence-corrected chi connectivity index (χ4v) is 2.32. The molecule has 1 atom stereocenters. The van der Waals surface area contributed by atoms with E-state index in [0.717, 1.165) is 23.0 Å². The minimum Gasteiger partial charge on any atom is -0.396 e. The first-order valence-corrected chi connectivity index (χ1v) is 6.91. The lowest BCUT2D eigenvalue weighted by Crippen LogP contribution is -2.26. The molecule has 2 aromatic rings. The molecule has 2 N–H and O–H groups in total. The summed E-state index contributed by atoms with van der Waals surface area (Å²) in [5, 5.41) is 14.4. The third kappa shape index (κ3) is 3.37. The second kappa shape index (κ2) is 6.22. The van der Waals surface area contributed by atoms with Gasteiger partial charge in [-0.05, 0) is 36.6 Å². The number of nitrogens with zero attached hydrogens (tertiary/aromatic N) is 1. The number of aliphatic hydroxyl groups is 1. The number of rotatable bonds is 5. The van der Waals surface area contributed by atoms with Crippen LogP contribution in [0, 0.1) is 5.92 Å². The molecule has 19 heavy (non-hydrogen) atoms. The molecule has 0 amide bonds. The highest BCUT2D eigenvalue weighted by Gasteiger charge is 2.13.